The first-order chi connectivity index (χ1) is 4.93. The van der Waals surface area contributed by atoms with Gasteiger partial charge in [-0.25, -0.2) is 13.6 Å². The highest BCUT2D eigenvalue weighted by atomic mass is 32.2. The maximum absolute atomic E-state index is 10.9. The number of nitrogens with two attached hydrogens (primary N) is 1. The van der Waals surface area contributed by atoms with E-state index in [2.05, 4.69) is 0 Å². The Morgan fingerprint density at radius 2 is 2.00 bits per heavy atom. The van der Waals surface area contributed by atoms with E-state index in [9.17, 15) is 8.42 Å². The molecule has 0 radical (unpaired) electrons. The molecule has 0 bridgehead atoms. The summed E-state index contributed by atoms with van der Waals surface area (Å²) in [6.45, 7) is 3.93. The van der Waals surface area contributed by atoms with Crippen molar-refractivity contribution in [3.8, 4) is 0 Å². The van der Waals surface area contributed by atoms with Crippen LogP contribution in [0.2, 0.25) is 0 Å². The summed E-state index contributed by atoms with van der Waals surface area (Å²) in [5, 5.41) is 4.47. The van der Waals surface area contributed by atoms with Gasteiger partial charge in [0.2, 0.25) is 10.0 Å². The first-order valence-electron chi connectivity index (χ1n) is 3.56. The minimum atomic E-state index is -3.41. The van der Waals surface area contributed by atoms with Crippen LogP contribution in [0.3, 0.4) is 0 Å². The molecule has 0 amide bonds. The quantitative estimate of drug-likeness (QED) is 0.600. The van der Waals surface area contributed by atoms with Gasteiger partial charge >= 0.3 is 0 Å². The maximum atomic E-state index is 10.9. The Bertz CT molecular complexity index is 236. The molecule has 1 heterocycles. The van der Waals surface area contributed by atoms with Crippen LogP contribution in [0, 0.1) is 5.92 Å². The number of rotatable bonds is 1. The summed E-state index contributed by atoms with van der Waals surface area (Å²) in [5.41, 5.74) is 0. The molecule has 4 nitrogen and oxygen atoms in total. The summed E-state index contributed by atoms with van der Waals surface area (Å²) in [4.78, 5) is 0. The lowest BCUT2D eigenvalue weighted by atomic mass is 10.1. The van der Waals surface area contributed by atoms with Crippen LogP contribution in [0.4, 0.5) is 0 Å². The van der Waals surface area contributed by atoms with E-state index in [1.165, 1.54) is 0 Å². The molecule has 1 fully saturated rings. The van der Waals surface area contributed by atoms with Crippen LogP contribution in [0.25, 0.3) is 0 Å². The Kier molecular flexibility index (Phi) is 2.22. The Hall–Kier alpha value is -0.130. The highest BCUT2D eigenvalue weighted by Gasteiger charge is 2.37. The van der Waals surface area contributed by atoms with Crippen molar-refractivity contribution in [2.45, 2.75) is 25.2 Å². The van der Waals surface area contributed by atoms with Gasteiger partial charge in [0.1, 0.15) is 5.25 Å². The topological polar surface area (TPSA) is 69.4 Å². The highest BCUT2D eigenvalue weighted by Crippen LogP contribution is 2.24. The largest absolute Gasteiger partial charge is 0.377 e. The molecule has 5 heteroatoms. The van der Waals surface area contributed by atoms with E-state index >= 15 is 0 Å². The lowest BCUT2D eigenvalue weighted by Crippen LogP contribution is -2.34. The van der Waals surface area contributed by atoms with Crippen molar-refractivity contribution < 1.29 is 13.2 Å². The summed E-state index contributed by atoms with van der Waals surface area (Å²) < 4.78 is 26.9. The Labute approximate surface area is 66.8 Å². The zero-order valence-corrected chi connectivity index (χ0v) is 7.47. The van der Waals surface area contributed by atoms with Gasteiger partial charge in [-0.3, -0.25) is 0 Å². The molecule has 11 heavy (non-hydrogen) atoms. The zero-order valence-electron chi connectivity index (χ0n) is 6.65. The fraction of sp³-hybridized carbons (Fsp3) is 1.00. The first kappa shape index (κ1) is 8.96. The summed E-state index contributed by atoms with van der Waals surface area (Å²) in [7, 11) is -3.41. The first-order valence-corrected chi connectivity index (χ1v) is 5.17. The Morgan fingerprint density at radius 1 is 1.45 bits per heavy atom. The summed E-state index contributed by atoms with van der Waals surface area (Å²) in [5.74, 6) is 0.00463. The van der Waals surface area contributed by atoms with Crippen LogP contribution < -0.4 is 5.14 Å². The Balaban J connectivity index is 2.78. The van der Waals surface area contributed by atoms with Crippen LogP contribution >= 0.6 is 0 Å². The third-order valence-corrected chi connectivity index (χ3v) is 3.68. The van der Waals surface area contributed by atoms with Crippen LogP contribution in [-0.2, 0) is 14.8 Å². The standard InChI is InChI=1S/C6H13NO3S/c1-4-5(2)10-3-6(4)11(7,8)9/h4-6H,3H2,1-2H3,(H2,7,8,9). The normalized spacial score (nSPS) is 39.4. The van der Waals surface area contributed by atoms with Crippen molar-refractivity contribution in [3.63, 3.8) is 0 Å². The van der Waals surface area contributed by atoms with Gasteiger partial charge in [-0.15, -0.1) is 0 Å². The molecule has 0 aromatic heterocycles. The molecule has 1 aliphatic heterocycles. The van der Waals surface area contributed by atoms with E-state index in [-0.39, 0.29) is 18.6 Å². The molecular weight excluding hydrogens is 166 g/mol. The molecule has 2 N–H and O–H groups in total. The van der Waals surface area contributed by atoms with Gasteiger partial charge < -0.3 is 4.74 Å². The van der Waals surface area contributed by atoms with Gasteiger partial charge in [0.05, 0.1) is 12.7 Å². The molecule has 0 aromatic rings. The van der Waals surface area contributed by atoms with Gasteiger partial charge in [0.25, 0.3) is 0 Å². The molecular formula is C6H13NO3S. The lowest BCUT2D eigenvalue weighted by molar-refractivity contribution is 0.109. The highest BCUT2D eigenvalue weighted by molar-refractivity contribution is 7.89. The van der Waals surface area contributed by atoms with Crippen LogP contribution in [0.15, 0.2) is 0 Å². The summed E-state index contributed by atoms with van der Waals surface area (Å²) in [6, 6.07) is 0. The average Bonchev–Trinajstić information content (AvgIpc) is 2.11. The van der Waals surface area contributed by atoms with E-state index in [1.54, 1.807) is 0 Å². The van der Waals surface area contributed by atoms with Gasteiger partial charge in [-0.05, 0) is 6.92 Å². The molecule has 3 atom stereocenters. The molecule has 66 valence electrons. The van der Waals surface area contributed by atoms with E-state index in [0.717, 1.165) is 0 Å². The van der Waals surface area contributed by atoms with Crippen LogP contribution in [-0.4, -0.2) is 26.4 Å². The van der Waals surface area contributed by atoms with Gasteiger partial charge in [-0.2, -0.15) is 0 Å². The average molecular weight is 179 g/mol. The maximum Gasteiger partial charge on any atom is 0.214 e. The summed E-state index contributed by atoms with van der Waals surface area (Å²) in [6.07, 6.45) is -0.00155. The second-order valence-electron chi connectivity index (χ2n) is 3.03. The fourth-order valence-corrected chi connectivity index (χ4v) is 2.33. The van der Waals surface area contributed by atoms with Crippen LogP contribution in [0.1, 0.15) is 13.8 Å². The molecule has 1 saturated heterocycles. The molecule has 1 aliphatic rings. The zero-order chi connectivity index (χ0) is 8.65. The van der Waals surface area contributed by atoms with Crippen molar-refractivity contribution in [3.05, 3.63) is 0 Å². The predicted octanol–water partition coefficient (Wildman–Crippen LogP) is -0.302. The second kappa shape index (κ2) is 2.73. The molecule has 3 unspecified atom stereocenters. The van der Waals surface area contributed by atoms with Crippen molar-refractivity contribution >= 4 is 10.0 Å². The van der Waals surface area contributed by atoms with E-state index in [0.29, 0.717) is 0 Å². The minimum absolute atomic E-state index is 0.00155. The van der Waals surface area contributed by atoms with Gasteiger partial charge in [-0.1, -0.05) is 6.92 Å². The molecule has 1 rings (SSSR count). The number of hydrogen-bond acceptors (Lipinski definition) is 3. The SMILES string of the molecule is CC1OCC(S(N)(=O)=O)C1C. The van der Waals surface area contributed by atoms with Crippen molar-refractivity contribution in [2.24, 2.45) is 11.1 Å². The van der Waals surface area contributed by atoms with Crippen LogP contribution in [0.5, 0.6) is 0 Å². The number of primary sulfonamides is 1. The number of ether oxygens (including phenoxy) is 1. The van der Waals surface area contributed by atoms with E-state index in [1.807, 2.05) is 13.8 Å². The summed E-state index contributed by atoms with van der Waals surface area (Å²) >= 11 is 0. The monoisotopic (exact) mass is 179 g/mol. The predicted molar refractivity (Wildman–Crippen MR) is 41.5 cm³/mol. The lowest BCUT2D eigenvalue weighted by Gasteiger charge is -2.12. The molecule has 0 aliphatic carbocycles. The minimum Gasteiger partial charge on any atom is -0.377 e. The van der Waals surface area contributed by atoms with Crippen molar-refractivity contribution in [1.82, 2.24) is 0 Å². The smallest absolute Gasteiger partial charge is 0.214 e. The third-order valence-electron chi connectivity index (χ3n) is 2.27. The van der Waals surface area contributed by atoms with Gasteiger partial charge in [0, 0.05) is 5.92 Å². The van der Waals surface area contributed by atoms with Gasteiger partial charge in [0.15, 0.2) is 0 Å². The van der Waals surface area contributed by atoms with Crippen molar-refractivity contribution in [1.29, 1.82) is 0 Å². The van der Waals surface area contributed by atoms with E-state index < -0.39 is 15.3 Å². The molecule has 0 aromatic carbocycles. The fourth-order valence-electron chi connectivity index (χ4n) is 1.25. The number of sulfonamides is 1. The van der Waals surface area contributed by atoms with Crippen molar-refractivity contribution in [2.75, 3.05) is 6.61 Å². The molecule has 0 spiro atoms. The molecule has 0 saturated carbocycles. The Morgan fingerprint density at radius 3 is 2.18 bits per heavy atom. The number of hydrogen-bond donors (Lipinski definition) is 1. The van der Waals surface area contributed by atoms with E-state index in [4.69, 9.17) is 9.88 Å². The second-order valence-corrected chi connectivity index (χ2v) is 4.81. The third kappa shape index (κ3) is 1.72.